The molecule has 1 aromatic rings. The van der Waals surface area contributed by atoms with E-state index in [0.29, 0.717) is 12.5 Å². The Morgan fingerprint density at radius 1 is 1.25 bits per heavy atom. The van der Waals surface area contributed by atoms with E-state index < -0.39 is 0 Å². The van der Waals surface area contributed by atoms with Crippen LogP contribution in [0.5, 0.6) is 5.75 Å². The molecule has 0 aliphatic heterocycles. The van der Waals surface area contributed by atoms with Gasteiger partial charge in [0.1, 0.15) is 5.75 Å². The van der Waals surface area contributed by atoms with Gasteiger partial charge in [-0.3, -0.25) is 0 Å². The van der Waals surface area contributed by atoms with Crippen molar-refractivity contribution < 1.29 is 9.47 Å². The highest BCUT2D eigenvalue weighted by atomic mass is 16.5. The Morgan fingerprint density at radius 2 is 1.94 bits per heavy atom. The summed E-state index contributed by atoms with van der Waals surface area (Å²) in [4.78, 5) is 0. The number of methoxy groups -OCH3 is 2. The highest BCUT2D eigenvalue weighted by Gasteiger charge is 2.13. The van der Waals surface area contributed by atoms with Crippen LogP contribution in [0.25, 0.3) is 0 Å². The molecule has 0 radical (unpaired) electrons. The Morgan fingerprint density at radius 3 is 2.44 bits per heavy atom. The Labute approximate surface area is 97.6 Å². The molecule has 0 amide bonds. The van der Waals surface area contributed by atoms with Crippen LogP contribution in [0.4, 0.5) is 0 Å². The second-order valence-corrected chi connectivity index (χ2v) is 4.22. The molecule has 3 nitrogen and oxygen atoms in total. The molecule has 2 N–H and O–H groups in total. The molecule has 0 saturated heterocycles. The molecular formula is C13H21NO2. The molecule has 0 aliphatic rings. The van der Waals surface area contributed by atoms with E-state index in [1.165, 1.54) is 5.56 Å². The van der Waals surface area contributed by atoms with Gasteiger partial charge in [0.25, 0.3) is 0 Å². The van der Waals surface area contributed by atoms with Crippen molar-refractivity contribution in [1.29, 1.82) is 0 Å². The average molecular weight is 223 g/mol. The van der Waals surface area contributed by atoms with Crippen molar-refractivity contribution in [2.24, 2.45) is 5.73 Å². The van der Waals surface area contributed by atoms with Crippen molar-refractivity contribution in [3.8, 4) is 5.75 Å². The van der Waals surface area contributed by atoms with E-state index >= 15 is 0 Å². The van der Waals surface area contributed by atoms with Crippen molar-refractivity contribution in [1.82, 2.24) is 0 Å². The molecule has 0 heterocycles. The Balaban J connectivity index is 3.06. The summed E-state index contributed by atoms with van der Waals surface area (Å²) in [5.41, 5.74) is 8.32. The third-order valence-electron chi connectivity index (χ3n) is 2.67. The first kappa shape index (κ1) is 13.0. The number of rotatable bonds is 5. The SMILES string of the molecule is COCC(N)c1cc(C(C)C)ccc1OC. The summed E-state index contributed by atoms with van der Waals surface area (Å²) in [5.74, 6) is 1.31. The smallest absolute Gasteiger partial charge is 0.123 e. The molecule has 1 unspecified atom stereocenters. The Hall–Kier alpha value is -1.06. The zero-order valence-corrected chi connectivity index (χ0v) is 10.5. The fourth-order valence-corrected chi connectivity index (χ4v) is 1.67. The third-order valence-corrected chi connectivity index (χ3v) is 2.67. The van der Waals surface area contributed by atoms with Crippen molar-refractivity contribution in [3.05, 3.63) is 29.3 Å². The van der Waals surface area contributed by atoms with Crippen molar-refractivity contribution in [2.45, 2.75) is 25.8 Å². The third kappa shape index (κ3) is 2.97. The van der Waals surface area contributed by atoms with Crippen LogP contribution in [0.3, 0.4) is 0 Å². The van der Waals surface area contributed by atoms with Crippen molar-refractivity contribution in [2.75, 3.05) is 20.8 Å². The van der Waals surface area contributed by atoms with Crippen LogP contribution < -0.4 is 10.5 Å². The zero-order valence-electron chi connectivity index (χ0n) is 10.5. The standard InChI is InChI=1S/C13H21NO2/c1-9(2)10-5-6-13(16-4)11(7-10)12(14)8-15-3/h5-7,9,12H,8,14H2,1-4H3. The lowest BCUT2D eigenvalue weighted by Gasteiger charge is -2.17. The molecule has 0 spiro atoms. The van der Waals surface area contributed by atoms with Gasteiger partial charge in [0.05, 0.1) is 19.8 Å². The van der Waals surface area contributed by atoms with Gasteiger partial charge in [0.15, 0.2) is 0 Å². The molecule has 0 aliphatic carbocycles. The van der Waals surface area contributed by atoms with Crippen LogP contribution in [0.1, 0.15) is 36.9 Å². The maximum absolute atomic E-state index is 6.05. The number of nitrogens with two attached hydrogens (primary N) is 1. The highest BCUT2D eigenvalue weighted by molar-refractivity contribution is 5.40. The fourth-order valence-electron chi connectivity index (χ4n) is 1.67. The first-order valence-electron chi connectivity index (χ1n) is 5.52. The van der Waals surface area contributed by atoms with Gasteiger partial charge in [-0.05, 0) is 17.5 Å². The minimum Gasteiger partial charge on any atom is -0.496 e. The molecule has 3 heteroatoms. The van der Waals surface area contributed by atoms with E-state index in [4.69, 9.17) is 15.2 Å². The quantitative estimate of drug-likeness (QED) is 0.834. The van der Waals surface area contributed by atoms with Crippen LogP contribution in [0.15, 0.2) is 18.2 Å². The molecule has 1 atom stereocenters. The van der Waals surface area contributed by atoms with E-state index in [0.717, 1.165) is 11.3 Å². The molecular weight excluding hydrogens is 202 g/mol. The average Bonchev–Trinajstić information content (AvgIpc) is 2.28. The number of ether oxygens (including phenoxy) is 2. The molecule has 16 heavy (non-hydrogen) atoms. The first-order valence-corrected chi connectivity index (χ1v) is 5.52. The molecule has 0 bridgehead atoms. The van der Waals surface area contributed by atoms with Crippen LogP contribution in [-0.4, -0.2) is 20.8 Å². The molecule has 0 aromatic heterocycles. The fraction of sp³-hybridized carbons (Fsp3) is 0.538. The Kier molecular flexibility index (Phi) is 4.77. The largest absolute Gasteiger partial charge is 0.496 e. The Bertz CT molecular complexity index is 337. The number of hydrogen-bond donors (Lipinski definition) is 1. The molecule has 1 aromatic carbocycles. The normalized spacial score (nSPS) is 12.9. The lowest BCUT2D eigenvalue weighted by atomic mass is 9.97. The molecule has 1 rings (SSSR count). The van der Waals surface area contributed by atoms with Gasteiger partial charge in [-0.15, -0.1) is 0 Å². The molecule has 0 saturated carbocycles. The predicted octanol–water partition coefficient (Wildman–Crippen LogP) is 2.46. The summed E-state index contributed by atoms with van der Waals surface area (Å²) in [6, 6.07) is 6.01. The van der Waals surface area contributed by atoms with E-state index in [2.05, 4.69) is 26.0 Å². The van der Waals surface area contributed by atoms with Crippen LogP contribution in [0, 0.1) is 0 Å². The van der Waals surface area contributed by atoms with Crippen LogP contribution in [-0.2, 0) is 4.74 Å². The second-order valence-electron chi connectivity index (χ2n) is 4.22. The highest BCUT2D eigenvalue weighted by Crippen LogP contribution is 2.28. The topological polar surface area (TPSA) is 44.5 Å². The van der Waals surface area contributed by atoms with Gasteiger partial charge in [-0.1, -0.05) is 26.0 Å². The first-order chi connectivity index (χ1) is 7.60. The molecule has 90 valence electrons. The van der Waals surface area contributed by atoms with Gasteiger partial charge in [-0.2, -0.15) is 0 Å². The lowest BCUT2D eigenvalue weighted by Crippen LogP contribution is -2.17. The summed E-state index contributed by atoms with van der Waals surface area (Å²) >= 11 is 0. The predicted molar refractivity (Wildman–Crippen MR) is 65.9 cm³/mol. The van der Waals surface area contributed by atoms with Crippen LogP contribution >= 0.6 is 0 Å². The van der Waals surface area contributed by atoms with Gasteiger partial charge < -0.3 is 15.2 Å². The minimum absolute atomic E-state index is 0.140. The summed E-state index contributed by atoms with van der Waals surface area (Å²) in [7, 11) is 3.31. The molecule has 0 fully saturated rings. The summed E-state index contributed by atoms with van der Waals surface area (Å²) in [6.07, 6.45) is 0. The van der Waals surface area contributed by atoms with Gasteiger partial charge in [0, 0.05) is 12.7 Å². The van der Waals surface area contributed by atoms with E-state index in [1.807, 2.05) is 6.07 Å². The number of hydrogen-bond acceptors (Lipinski definition) is 3. The summed E-state index contributed by atoms with van der Waals surface area (Å²) in [6.45, 7) is 4.82. The second kappa shape index (κ2) is 5.87. The van der Waals surface area contributed by atoms with Gasteiger partial charge in [0.2, 0.25) is 0 Å². The van der Waals surface area contributed by atoms with Crippen molar-refractivity contribution in [3.63, 3.8) is 0 Å². The minimum atomic E-state index is -0.140. The number of benzene rings is 1. The maximum atomic E-state index is 6.05. The monoisotopic (exact) mass is 223 g/mol. The van der Waals surface area contributed by atoms with E-state index in [1.54, 1.807) is 14.2 Å². The maximum Gasteiger partial charge on any atom is 0.123 e. The van der Waals surface area contributed by atoms with Crippen LogP contribution in [0.2, 0.25) is 0 Å². The van der Waals surface area contributed by atoms with E-state index in [-0.39, 0.29) is 6.04 Å². The van der Waals surface area contributed by atoms with Gasteiger partial charge >= 0.3 is 0 Å². The van der Waals surface area contributed by atoms with E-state index in [9.17, 15) is 0 Å². The van der Waals surface area contributed by atoms with Crippen molar-refractivity contribution >= 4 is 0 Å². The summed E-state index contributed by atoms with van der Waals surface area (Å²) in [5, 5.41) is 0. The lowest BCUT2D eigenvalue weighted by molar-refractivity contribution is 0.179. The summed E-state index contributed by atoms with van der Waals surface area (Å²) < 4.78 is 10.4. The van der Waals surface area contributed by atoms with Gasteiger partial charge in [-0.25, -0.2) is 0 Å². The zero-order chi connectivity index (χ0) is 12.1.